The first-order chi connectivity index (χ1) is 14.2. The van der Waals surface area contributed by atoms with Gasteiger partial charge in [-0.3, -0.25) is 4.79 Å². The lowest BCUT2D eigenvalue weighted by Gasteiger charge is -2.14. The van der Waals surface area contributed by atoms with Gasteiger partial charge >= 0.3 is 0 Å². The van der Waals surface area contributed by atoms with Crippen LogP contribution >= 0.6 is 0 Å². The number of aromatic nitrogens is 1. The molecule has 1 amide bonds. The van der Waals surface area contributed by atoms with E-state index in [-0.39, 0.29) is 11.4 Å². The van der Waals surface area contributed by atoms with E-state index in [2.05, 4.69) is 4.98 Å². The summed E-state index contributed by atoms with van der Waals surface area (Å²) >= 11 is 0. The zero-order chi connectivity index (χ0) is 21.8. The standard InChI is InChI=1S/C24H25FN2O3/c1-14(2)13-29-19-11-17(10-18(25)12-19)21-9-8-20(23(26)28)24(27-21)30-22-15(3)6-5-7-16(22)4/h5-12,14H,13H2,1-4H3,(H2,26,28). The summed E-state index contributed by atoms with van der Waals surface area (Å²) in [5.74, 6) is 0.301. The van der Waals surface area contributed by atoms with E-state index in [9.17, 15) is 9.18 Å². The van der Waals surface area contributed by atoms with Crippen LogP contribution < -0.4 is 15.2 Å². The molecule has 0 bridgehead atoms. The lowest BCUT2D eigenvalue weighted by molar-refractivity contribution is 0.0997. The minimum atomic E-state index is -0.657. The third kappa shape index (κ3) is 4.95. The maximum Gasteiger partial charge on any atom is 0.254 e. The Hall–Kier alpha value is -3.41. The summed E-state index contributed by atoms with van der Waals surface area (Å²) in [6, 6.07) is 13.3. The van der Waals surface area contributed by atoms with Crippen LogP contribution in [0.1, 0.15) is 35.3 Å². The van der Waals surface area contributed by atoms with Gasteiger partial charge in [0.15, 0.2) is 0 Å². The number of hydrogen-bond acceptors (Lipinski definition) is 4. The van der Waals surface area contributed by atoms with Gasteiger partial charge in [-0.25, -0.2) is 9.37 Å². The molecule has 1 heterocycles. The molecule has 0 saturated carbocycles. The normalized spacial score (nSPS) is 10.9. The molecule has 0 radical (unpaired) electrons. The fraction of sp³-hybridized carbons (Fsp3) is 0.250. The van der Waals surface area contributed by atoms with Crippen molar-refractivity contribution in [1.29, 1.82) is 0 Å². The number of halogens is 1. The van der Waals surface area contributed by atoms with Crippen molar-refractivity contribution >= 4 is 5.91 Å². The zero-order valence-electron chi connectivity index (χ0n) is 17.5. The first-order valence-electron chi connectivity index (χ1n) is 9.73. The number of benzene rings is 2. The predicted octanol–water partition coefficient (Wildman–Crippen LogP) is 5.43. The fourth-order valence-corrected chi connectivity index (χ4v) is 2.98. The molecule has 0 spiro atoms. The molecule has 3 aromatic rings. The number of ether oxygens (including phenoxy) is 2. The lowest BCUT2D eigenvalue weighted by atomic mass is 10.1. The van der Waals surface area contributed by atoms with Crippen molar-refractivity contribution in [3.05, 3.63) is 71.0 Å². The zero-order valence-corrected chi connectivity index (χ0v) is 17.5. The van der Waals surface area contributed by atoms with Crippen molar-refractivity contribution in [3.63, 3.8) is 0 Å². The van der Waals surface area contributed by atoms with E-state index >= 15 is 0 Å². The summed E-state index contributed by atoms with van der Waals surface area (Å²) in [5, 5.41) is 0. The maximum absolute atomic E-state index is 14.2. The molecule has 0 aliphatic heterocycles. The topological polar surface area (TPSA) is 74.4 Å². The quantitative estimate of drug-likeness (QED) is 0.566. The van der Waals surface area contributed by atoms with Crippen molar-refractivity contribution < 1.29 is 18.7 Å². The smallest absolute Gasteiger partial charge is 0.254 e. The van der Waals surface area contributed by atoms with Gasteiger partial charge in [0.1, 0.15) is 22.9 Å². The molecule has 5 nitrogen and oxygen atoms in total. The molecule has 0 unspecified atom stereocenters. The van der Waals surface area contributed by atoms with Crippen LogP contribution in [-0.2, 0) is 0 Å². The fourth-order valence-electron chi connectivity index (χ4n) is 2.98. The van der Waals surface area contributed by atoms with E-state index in [4.69, 9.17) is 15.2 Å². The maximum atomic E-state index is 14.2. The third-order valence-corrected chi connectivity index (χ3v) is 4.48. The van der Waals surface area contributed by atoms with Crippen LogP contribution in [0.3, 0.4) is 0 Å². The number of nitrogens with zero attached hydrogens (tertiary/aromatic N) is 1. The van der Waals surface area contributed by atoms with Gasteiger partial charge in [-0.15, -0.1) is 0 Å². The molecule has 30 heavy (non-hydrogen) atoms. The number of hydrogen-bond donors (Lipinski definition) is 1. The third-order valence-electron chi connectivity index (χ3n) is 4.48. The number of para-hydroxylation sites is 1. The Morgan fingerprint density at radius 3 is 2.43 bits per heavy atom. The van der Waals surface area contributed by atoms with Crippen LogP contribution in [0.2, 0.25) is 0 Å². The van der Waals surface area contributed by atoms with Gasteiger partial charge in [0, 0.05) is 11.6 Å². The van der Waals surface area contributed by atoms with Crippen LogP contribution in [0, 0.1) is 25.6 Å². The van der Waals surface area contributed by atoms with E-state index in [0.717, 1.165) is 11.1 Å². The van der Waals surface area contributed by atoms with Crippen molar-refractivity contribution in [2.75, 3.05) is 6.61 Å². The van der Waals surface area contributed by atoms with Gasteiger partial charge in [-0.1, -0.05) is 32.0 Å². The second-order valence-corrected chi connectivity index (χ2v) is 7.62. The molecule has 6 heteroatoms. The highest BCUT2D eigenvalue weighted by Gasteiger charge is 2.17. The summed E-state index contributed by atoms with van der Waals surface area (Å²) in [7, 11) is 0. The number of amides is 1. The molecule has 1 aromatic heterocycles. The monoisotopic (exact) mass is 408 g/mol. The highest BCUT2D eigenvalue weighted by atomic mass is 19.1. The molecule has 3 rings (SSSR count). The van der Waals surface area contributed by atoms with Crippen molar-refractivity contribution in [2.45, 2.75) is 27.7 Å². The van der Waals surface area contributed by atoms with Gasteiger partial charge in [0.25, 0.3) is 5.91 Å². The minimum absolute atomic E-state index is 0.0753. The van der Waals surface area contributed by atoms with Crippen LogP contribution in [-0.4, -0.2) is 17.5 Å². The average Bonchev–Trinajstić information content (AvgIpc) is 2.68. The Morgan fingerprint density at radius 2 is 1.80 bits per heavy atom. The SMILES string of the molecule is Cc1cccc(C)c1Oc1nc(-c2cc(F)cc(OCC(C)C)c2)ccc1C(N)=O. The Bertz CT molecular complexity index is 1060. The highest BCUT2D eigenvalue weighted by molar-refractivity contribution is 5.95. The van der Waals surface area contributed by atoms with Crippen LogP contribution in [0.5, 0.6) is 17.4 Å². The van der Waals surface area contributed by atoms with Gasteiger partial charge in [0.2, 0.25) is 5.88 Å². The number of rotatable bonds is 7. The number of pyridine rings is 1. The molecule has 0 aliphatic carbocycles. The van der Waals surface area contributed by atoms with E-state index in [1.54, 1.807) is 12.1 Å². The number of aryl methyl sites for hydroxylation is 2. The second kappa shape index (κ2) is 8.95. The molecule has 0 fully saturated rings. The summed E-state index contributed by atoms with van der Waals surface area (Å²) in [5.41, 5.74) is 8.40. The van der Waals surface area contributed by atoms with Crippen LogP contribution in [0.25, 0.3) is 11.3 Å². The average molecular weight is 408 g/mol. The number of carbonyl (C=O) groups is 1. The number of carbonyl (C=O) groups excluding carboxylic acids is 1. The van der Waals surface area contributed by atoms with Crippen molar-refractivity contribution in [3.8, 4) is 28.6 Å². The summed E-state index contributed by atoms with van der Waals surface area (Å²) in [4.78, 5) is 16.4. The van der Waals surface area contributed by atoms with Gasteiger partial charge in [-0.2, -0.15) is 0 Å². The van der Waals surface area contributed by atoms with Crippen LogP contribution in [0.15, 0.2) is 48.5 Å². The number of nitrogens with two attached hydrogens (primary N) is 1. The molecule has 0 atom stereocenters. The Morgan fingerprint density at radius 1 is 1.10 bits per heavy atom. The second-order valence-electron chi connectivity index (χ2n) is 7.62. The van der Waals surface area contributed by atoms with Gasteiger partial charge in [0.05, 0.1) is 12.3 Å². The first-order valence-corrected chi connectivity index (χ1v) is 9.73. The molecule has 0 saturated heterocycles. The van der Waals surface area contributed by atoms with E-state index < -0.39 is 11.7 Å². The Kier molecular flexibility index (Phi) is 6.35. The molecule has 2 N–H and O–H groups in total. The first kappa shape index (κ1) is 21.3. The van der Waals surface area contributed by atoms with E-state index in [1.165, 1.54) is 18.2 Å². The van der Waals surface area contributed by atoms with E-state index in [0.29, 0.717) is 35.3 Å². The van der Waals surface area contributed by atoms with Crippen molar-refractivity contribution in [2.24, 2.45) is 11.7 Å². The molecule has 156 valence electrons. The summed E-state index contributed by atoms with van der Waals surface area (Å²) < 4.78 is 25.8. The predicted molar refractivity (Wildman–Crippen MR) is 114 cm³/mol. The lowest BCUT2D eigenvalue weighted by Crippen LogP contribution is -2.13. The molecular weight excluding hydrogens is 383 g/mol. The number of primary amides is 1. The molecule has 2 aromatic carbocycles. The minimum Gasteiger partial charge on any atom is -0.493 e. The van der Waals surface area contributed by atoms with E-state index in [1.807, 2.05) is 45.9 Å². The summed E-state index contributed by atoms with van der Waals surface area (Å²) in [6.45, 7) is 8.31. The van der Waals surface area contributed by atoms with Gasteiger partial charge in [-0.05, 0) is 55.2 Å². The van der Waals surface area contributed by atoms with Gasteiger partial charge < -0.3 is 15.2 Å². The molecule has 0 aliphatic rings. The largest absolute Gasteiger partial charge is 0.493 e. The molecular formula is C24H25FN2O3. The van der Waals surface area contributed by atoms with Crippen LogP contribution in [0.4, 0.5) is 4.39 Å². The highest BCUT2D eigenvalue weighted by Crippen LogP contribution is 2.32. The Balaban J connectivity index is 2.03. The van der Waals surface area contributed by atoms with Crippen molar-refractivity contribution in [1.82, 2.24) is 4.98 Å². The summed E-state index contributed by atoms with van der Waals surface area (Å²) in [6.07, 6.45) is 0. The Labute approximate surface area is 175 Å².